The van der Waals surface area contributed by atoms with Crippen LogP contribution in [-0.4, -0.2) is 95.6 Å². The lowest BCUT2D eigenvalue weighted by Crippen LogP contribution is -2.57. The summed E-state index contributed by atoms with van der Waals surface area (Å²) < 4.78 is 0. The second kappa shape index (κ2) is 12.9. The molecule has 0 spiro atoms. The van der Waals surface area contributed by atoms with Crippen molar-refractivity contribution < 1.29 is 33.9 Å². The number of hydrogen-bond donors (Lipinski definition) is 4. The molecule has 4 N–H and O–H groups in total. The highest BCUT2D eigenvalue weighted by Crippen LogP contribution is 2.65. The number of likely N-dealkylation sites (N-methyl/N-ethyl adjacent to an activating group) is 1. The SMILES string of the molecule is CN(C)C(=O)[C@@H](NC(=O)CNC(=O)C(=O)C(CC1CC1)NC(=O)[C@@H]1C2C(CN1C(=O)[C@@H](O)C(C)(C)C)C2(C)C)c1ccccc1. The number of carbonyl (C=O) groups is 6. The average Bonchev–Trinajstić information content (AvgIpc) is 3.84. The monoisotopic (exact) mass is 625 g/mol. The highest BCUT2D eigenvalue weighted by molar-refractivity contribution is 6.38. The van der Waals surface area contributed by atoms with Gasteiger partial charge in [-0.1, -0.05) is 77.8 Å². The van der Waals surface area contributed by atoms with Crippen LogP contribution in [-0.2, 0) is 28.8 Å². The lowest BCUT2D eigenvalue weighted by Gasteiger charge is -2.35. The molecule has 3 unspecified atom stereocenters. The van der Waals surface area contributed by atoms with E-state index in [1.54, 1.807) is 65.2 Å². The topological polar surface area (TPSA) is 165 Å². The van der Waals surface area contributed by atoms with Crippen LogP contribution in [0, 0.1) is 28.6 Å². The number of ketones is 1. The summed E-state index contributed by atoms with van der Waals surface area (Å²) in [5.41, 5.74) is -0.344. The summed E-state index contributed by atoms with van der Waals surface area (Å²) in [6.07, 6.45) is 0.700. The Morgan fingerprint density at radius 3 is 2.20 bits per heavy atom. The minimum absolute atomic E-state index is 0.0860. The molecule has 1 aliphatic heterocycles. The number of Topliss-reactive ketones (excluding diaryl/α,β-unsaturated/α-hetero) is 1. The van der Waals surface area contributed by atoms with Crippen LogP contribution >= 0.6 is 0 Å². The second-order valence-electron chi connectivity index (χ2n) is 14.6. The summed E-state index contributed by atoms with van der Waals surface area (Å²) >= 11 is 0. The second-order valence-corrected chi connectivity index (χ2v) is 14.6. The van der Waals surface area contributed by atoms with Gasteiger partial charge >= 0.3 is 0 Å². The van der Waals surface area contributed by atoms with Gasteiger partial charge in [0.1, 0.15) is 18.2 Å². The highest BCUT2D eigenvalue weighted by atomic mass is 16.3. The van der Waals surface area contributed by atoms with Crippen LogP contribution in [0.15, 0.2) is 30.3 Å². The smallest absolute Gasteiger partial charge is 0.290 e. The molecule has 5 amide bonds. The van der Waals surface area contributed by atoms with Crippen molar-refractivity contribution in [2.45, 2.75) is 78.1 Å². The number of carbonyl (C=O) groups excluding carboxylic acids is 6. The Bertz CT molecular complexity index is 1330. The number of aliphatic hydroxyl groups is 1. The molecule has 1 aromatic rings. The lowest BCUT2D eigenvalue weighted by atomic mass is 9.87. The maximum Gasteiger partial charge on any atom is 0.290 e. The summed E-state index contributed by atoms with van der Waals surface area (Å²) in [5, 5.41) is 18.4. The summed E-state index contributed by atoms with van der Waals surface area (Å²) in [6.45, 7) is 9.09. The standard InChI is InChI=1S/C33H47N5O7/c1-32(2,3)27(41)31(45)38-17-20-23(33(20,4)5)25(38)28(42)35-21(15-18-13-14-18)26(40)29(43)34-16-22(39)36-24(30(44)37(6)7)19-11-9-8-10-12-19/h8-12,18,20-21,23-25,27,41H,13-17H2,1-7H3,(H,34,43)(H,35,42)(H,36,39)/t20?,21?,23?,24-,25-,27+/m0/s1. The van der Waals surface area contributed by atoms with E-state index in [0.717, 1.165) is 12.8 Å². The van der Waals surface area contributed by atoms with Crippen molar-refractivity contribution in [2.75, 3.05) is 27.2 Å². The molecule has 246 valence electrons. The summed E-state index contributed by atoms with van der Waals surface area (Å²) in [5.74, 6) is -3.87. The van der Waals surface area contributed by atoms with E-state index in [2.05, 4.69) is 16.0 Å². The number of nitrogens with one attached hydrogen (secondary N) is 3. The van der Waals surface area contributed by atoms with Crippen molar-refractivity contribution in [1.82, 2.24) is 25.8 Å². The molecule has 1 saturated heterocycles. The Labute approximate surface area is 264 Å². The van der Waals surface area contributed by atoms with Crippen LogP contribution < -0.4 is 16.0 Å². The minimum atomic E-state index is -1.30. The first-order chi connectivity index (χ1) is 20.9. The number of aliphatic hydroxyl groups excluding tert-OH is 1. The van der Waals surface area contributed by atoms with E-state index in [1.165, 1.54) is 9.80 Å². The predicted molar refractivity (Wildman–Crippen MR) is 165 cm³/mol. The molecule has 3 aliphatic rings. The van der Waals surface area contributed by atoms with Crippen molar-refractivity contribution in [3.8, 4) is 0 Å². The maximum absolute atomic E-state index is 13.8. The van der Waals surface area contributed by atoms with E-state index >= 15 is 0 Å². The molecule has 45 heavy (non-hydrogen) atoms. The van der Waals surface area contributed by atoms with E-state index in [-0.39, 0.29) is 35.5 Å². The Morgan fingerprint density at radius 1 is 1.02 bits per heavy atom. The molecule has 12 heteroatoms. The molecule has 1 aromatic carbocycles. The number of amides is 5. The molecule has 1 heterocycles. The van der Waals surface area contributed by atoms with E-state index in [4.69, 9.17) is 0 Å². The van der Waals surface area contributed by atoms with Crippen LogP contribution in [0.3, 0.4) is 0 Å². The van der Waals surface area contributed by atoms with Gasteiger partial charge in [-0.3, -0.25) is 28.8 Å². The third kappa shape index (κ3) is 7.54. The third-order valence-corrected chi connectivity index (χ3v) is 9.47. The van der Waals surface area contributed by atoms with Crippen molar-refractivity contribution in [3.05, 3.63) is 35.9 Å². The van der Waals surface area contributed by atoms with Gasteiger partial charge < -0.3 is 30.9 Å². The van der Waals surface area contributed by atoms with E-state index in [1.807, 2.05) is 13.8 Å². The zero-order valence-corrected chi connectivity index (χ0v) is 27.3. The van der Waals surface area contributed by atoms with E-state index in [0.29, 0.717) is 12.1 Å². The van der Waals surface area contributed by atoms with Gasteiger partial charge in [-0.2, -0.15) is 0 Å². The van der Waals surface area contributed by atoms with Crippen molar-refractivity contribution in [3.63, 3.8) is 0 Å². The first-order valence-corrected chi connectivity index (χ1v) is 15.6. The number of benzene rings is 1. The van der Waals surface area contributed by atoms with Crippen molar-refractivity contribution >= 4 is 35.3 Å². The van der Waals surface area contributed by atoms with Gasteiger partial charge in [-0.15, -0.1) is 0 Å². The first-order valence-electron chi connectivity index (χ1n) is 15.6. The molecule has 4 rings (SSSR count). The van der Waals surface area contributed by atoms with Crippen LogP contribution in [0.1, 0.15) is 65.5 Å². The Hall–Kier alpha value is -3.80. The number of rotatable bonds is 12. The van der Waals surface area contributed by atoms with Gasteiger partial charge in [0.15, 0.2) is 0 Å². The zero-order valence-electron chi connectivity index (χ0n) is 27.3. The first kappa shape index (κ1) is 34.1. The molecule has 3 fully saturated rings. The number of hydrogen-bond acceptors (Lipinski definition) is 7. The summed E-state index contributed by atoms with van der Waals surface area (Å²) in [4.78, 5) is 81.7. The molecule has 0 aromatic heterocycles. The van der Waals surface area contributed by atoms with E-state index in [9.17, 15) is 33.9 Å². The molecule has 0 bridgehead atoms. The fraction of sp³-hybridized carbons (Fsp3) is 0.636. The number of fused-ring (bicyclic) bond motifs is 1. The molecule has 0 radical (unpaired) electrons. The molecular weight excluding hydrogens is 578 g/mol. The molecule has 6 atom stereocenters. The Balaban J connectivity index is 1.42. The Kier molecular flexibility index (Phi) is 9.77. The van der Waals surface area contributed by atoms with Crippen molar-refractivity contribution in [1.29, 1.82) is 0 Å². The van der Waals surface area contributed by atoms with Gasteiger partial charge in [-0.05, 0) is 40.6 Å². The number of nitrogens with zero attached hydrogens (tertiary/aromatic N) is 2. The van der Waals surface area contributed by atoms with Gasteiger partial charge in [0.25, 0.3) is 11.8 Å². The van der Waals surface area contributed by atoms with Gasteiger partial charge in [0.2, 0.25) is 23.5 Å². The van der Waals surface area contributed by atoms with Crippen molar-refractivity contribution in [2.24, 2.45) is 28.6 Å². The van der Waals surface area contributed by atoms with Crippen LogP contribution in [0.4, 0.5) is 0 Å². The van der Waals surface area contributed by atoms with Gasteiger partial charge in [0, 0.05) is 20.6 Å². The molecular formula is C33H47N5O7. The largest absolute Gasteiger partial charge is 0.383 e. The van der Waals surface area contributed by atoms with Crippen LogP contribution in [0.25, 0.3) is 0 Å². The molecule has 2 saturated carbocycles. The maximum atomic E-state index is 13.8. The Morgan fingerprint density at radius 2 is 1.64 bits per heavy atom. The normalized spacial score (nSPS) is 23.6. The van der Waals surface area contributed by atoms with Crippen LogP contribution in [0.2, 0.25) is 0 Å². The predicted octanol–water partition coefficient (Wildman–Crippen LogP) is 0.792. The number of piperidine rings is 1. The third-order valence-electron chi connectivity index (χ3n) is 9.47. The van der Waals surface area contributed by atoms with Gasteiger partial charge in [0.05, 0.1) is 12.6 Å². The highest BCUT2D eigenvalue weighted by Gasteiger charge is 2.69. The molecule has 12 nitrogen and oxygen atoms in total. The summed E-state index contributed by atoms with van der Waals surface area (Å²) in [6, 6.07) is 5.68. The van der Waals surface area contributed by atoms with Gasteiger partial charge in [-0.25, -0.2) is 0 Å². The fourth-order valence-electron chi connectivity index (χ4n) is 6.33. The quantitative estimate of drug-likeness (QED) is 0.249. The lowest BCUT2D eigenvalue weighted by molar-refractivity contribution is -0.152. The average molecular weight is 626 g/mol. The minimum Gasteiger partial charge on any atom is -0.383 e. The molecule has 2 aliphatic carbocycles. The van der Waals surface area contributed by atoms with E-state index < -0.39 is 65.6 Å². The zero-order chi connectivity index (χ0) is 33.4. The fourth-order valence-corrected chi connectivity index (χ4v) is 6.33. The number of likely N-dealkylation sites (tertiary alicyclic amines) is 1. The van der Waals surface area contributed by atoms with Crippen LogP contribution in [0.5, 0.6) is 0 Å². The summed E-state index contributed by atoms with van der Waals surface area (Å²) in [7, 11) is 3.13.